The largest absolute Gasteiger partial charge is 0.375 e. The summed E-state index contributed by atoms with van der Waals surface area (Å²) in [7, 11) is 0. The van der Waals surface area contributed by atoms with Gasteiger partial charge in [-0.3, -0.25) is 10.1 Å². The lowest BCUT2D eigenvalue weighted by Crippen LogP contribution is -2.28. The highest BCUT2D eigenvalue weighted by Crippen LogP contribution is 2.15. The van der Waals surface area contributed by atoms with Crippen LogP contribution in [-0.2, 0) is 4.79 Å². The van der Waals surface area contributed by atoms with Crippen LogP contribution in [0.4, 0.5) is 0 Å². The van der Waals surface area contributed by atoms with Crippen molar-refractivity contribution in [3.05, 3.63) is 11.8 Å². The molecule has 1 aliphatic heterocycles. The molecule has 54 valence electrons. The van der Waals surface area contributed by atoms with Gasteiger partial charge in [-0.25, -0.2) is 0 Å². The summed E-state index contributed by atoms with van der Waals surface area (Å²) < 4.78 is 0. The number of ketones is 1. The third-order valence-electron chi connectivity index (χ3n) is 2.00. The van der Waals surface area contributed by atoms with Gasteiger partial charge in [-0.15, -0.1) is 0 Å². The molecular weight excluding hydrogens is 128 g/mol. The fraction of sp³-hybridized carbons (Fsp3) is 0.571. The van der Waals surface area contributed by atoms with Crippen LogP contribution in [0.1, 0.15) is 12.8 Å². The number of hydrogen-bond donors (Lipinski definition) is 2. The van der Waals surface area contributed by atoms with Gasteiger partial charge in [0, 0.05) is 18.5 Å². The van der Waals surface area contributed by atoms with Crippen LogP contribution in [0.3, 0.4) is 0 Å². The van der Waals surface area contributed by atoms with Gasteiger partial charge in [0.15, 0.2) is 0 Å². The van der Waals surface area contributed by atoms with Crippen LogP contribution in [0.15, 0.2) is 11.8 Å². The van der Waals surface area contributed by atoms with E-state index in [1.165, 1.54) is 5.70 Å². The van der Waals surface area contributed by atoms with Crippen molar-refractivity contribution in [3.63, 3.8) is 0 Å². The molecule has 0 saturated carbocycles. The van der Waals surface area contributed by atoms with E-state index in [4.69, 9.17) is 0 Å². The van der Waals surface area contributed by atoms with E-state index in [0.717, 1.165) is 6.67 Å². The normalized spacial score (nSPS) is 31.0. The minimum atomic E-state index is 0.293. The summed E-state index contributed by atoms with van der Waals surface area (Å²) in [5.74, 6) is 0.338. The molecule has 0 aromatic rings. The van der Waals surface area contributed by atoms with E-state index in [2.05, 4.69) is 10.6 Å². The fourth-order valence-corrected chi connectivity index (χ4v) is 1.44. The summed E-state index contributed by atoms with van der Waals surface area (Å²) in [6.45, 7) is 0.809. The first kappa shape index (κ1) is 5.92. The molecule has 0 bridgehead atoms. The van der Waals surface area contributed by atoms with E-state index in [1.54, 1.807) is 0 Å². The molecule has 0 aromatic carbocycles. The maximum absolute atomic E-state index is 10.9. The highest BCUT2D eigenvalue weighted by atomic mass is 16.1. The van der Waals surface area contributed by atoms with Crippen molar-refractivity contribution < 1.29 is 4.79 Å². The van der Waals surface area contributed by atoms with Gasteiger partial charge in [-0.2, -0.15) is 0 Å². The van der Waals surface area contributed by atoms with Crippen molar-refractivity contribution in [2.24, 2.45) is 0 Å². The highest BCUT2D eigenvalue weighted by molar-refractivity contribution is 5.82. The summed E-state index contributed by atoms with van der Waals surface area (Å²) in [6.07, 6.45) is 3.26. The molecule has 0 spiro atoms. The van der Waals surface area contributed by atoms with Crippen molar-refractivity contribution in [2.75, 3.05) is 6.67 Å². The molecule has 1 heterocycles. The molecule has 1 saturated heterocycles. The van der Waals surface area contributed by atoms with E-state index >= 15 is 0 Å². The molecular formula is C7H10N2O. The molecule has 3 nitrogen and oxygen atoms in total. The second-order valence-corrected chi connectivity index (χ2v) is 2.72. The number of hydrogen-bond acceptors (Lipinski definition) is 3. The lowest BCUT2D eigenvalue weighted by molar-refractivity contribution is -0.118. The Balaban J connectivity index is 2.20. The zero-order valence-electron chi connectivity index (χ0n) is 5.68. The molecule has 0 aromatic heterocycles. The van der Waals surface area contributed by atoms with Crippen LogP contribution in [0.5, 0.6) is 0 Å². The Morgan fingerprint density at radius 2 is 2.50 bits per heavy atom. The summed E-state index contributed by atoms with van der Waals surface area (Å²) in [5.41, 5.74) is 1.21. The van der Waals surface area contributed by atoms with Crippen LogP contribution in [0.2, 0.25) is 0 Å². The van der Waals surface area contributed by atoms with Crippen LogP contribution >= 0.6 is 0 Å². The first-order valence-corrected chi connectivity index (χ1v) is 3.55. The third-order valence-corrected chi connectivity index (χ3v) is 2.00. The molecule has 1 atom stereocenters. The van der Waals surface area contributed by atoms with Gasteiger partial charge < -0.3 is 5.32 Å². The summed E-state index contributed by atoms with van der Waals surface area (Å²) >= 11 is 0. The Morgan fingerprint density at radius 1 is 1.60 bits per heavy atom. The van der Waals surface area contributed by atoms with Crippen molar-refractivity contribution in [3.8, 4) is 0 Å². The molecule has 1 unspecified atom stereocenters. The van der Waals surface area contributed by atoms with E-state index < -0.39 is 0 Å². The lowest BCUT2D eigenvalue weighted by atomic mass is 9.99. The van der Waals surface area contributed by atoms with E-state index in [1.807, 2.05) is 6.08 Å². The average molecular weight is 138 g/mol. The summed E-state index contributed by atoms with van der Waals surface area (Å²) in [6, 6.07) is 0.293. The molecule has 1 fully saturated rings. The van der Waals surface area contributed by atoms with E-state index in [-0.39, 0.29) is 0 Å². The Labute approximate surface area is 59.5 Å². The fourth-order valence-electron chi connectivity index (χ4n) is 1.44. The maximum atomic E-state index is 10.9. The van der Waals surface area contributed by atoms with Crippen molar-refractivity contribution in [1.29, 1.82) is 0 Å². The van der Waals surface area contributed by atoms with Gasteiger partial charge in [-0.05, 0) is 0 Å². The summed E-state index contributed by atoms with van der Waals surface area (Å²) in [4.78, 5) is 10.9. The monoisotopic (exact) mass is 138 g/mol. The lowest BCUT2D eigenvalue weighted by Gasteiger charge is -2.14. The smallest absolute Gasteiger partial charge is 0.138 e. The number of rotatable bonds is 0. The highest BCUT2D eigenvalue weighted by Gasteiger charge is 2.25. The van der Waals surface area contributed by atoms with Gasteiger partial charge in [-0.1, -0.05) is 6.08 Å². The second-order valence-electron chi connectivity index (χ2n) is 2.72. The topological polar surface area (TPSA) is 41.1 Å². The van der Waals surface area contributed by atoms with Crippen molar-refractivity contribution >= 4 is 5.78 Å². The molecule has 1 aliphatic carbocycles. The quantitative estimate of drug-likeness (QED) is 0.485. The number of nitrogens with one attached hydrogen (secondary N) is 2. The zero-order valence-corrected chi connectivity index (χ0v) is 5.68. The molecule has 2 aliphatic rings. The van der Waals surface area contributed by atoms with E-state index in [0.29, 0.717) is 24.7 Å². The predicted molar refractivity (Wildman–Crippen MR) is 37.3 cm³/mol. The molecule has 2 N–H and O–H groups in total. The first-order chi connectivity index (χ1) is 4.86. The average Bonchev–Trinajstić information content (AvgIpc) is 2.33. The minimum absolute atomic E-state index is 0.293. The number of Topliss-reactive ketones (excluding diaryl/α,β-unsaturated/α-hetero) is 1. The molecule has 2 rings (SSSR count). The SMILES string of the molecule is O=C1CC=C2NCNC2C1. The molecule has 0 amide bonds. The third kappa shape index (κ3) is 0.827. The number of carbonyl (C=O) groups excluding carboxylic acids is 1. The second kappa shape index (κ2) is 2.09. The maximum Gasteiger partial charge on any atom is 0.138 e. The molecule has 10 heavy (non-hydrogen) atoms. The zero-order chi connectivity index (χ0) is 6.97. The van der Waals surface area contributed by atoms with Crippen LogP contribution in [-0.4, -0.2) is 18.5 Å². The van der Waals surface area contributed by atoms with Crippen molar-refractivity contribution in [1.82, 2.24) is 10.6 Å². The van der Waals surface area contributed by atoms with Crippen LogP contribution in [0.25, 0.3) is 0 Å². The number of fused-ring (bicyclic) bond motifs is 1. The first-order valence-electron chi connectivity index (χ1n) is 3.55. The van der Waals surface area contributed by atoms with Crippen molar-refractivity contribution in [2.45, 2.75) is 18.9 Å². The summed E-state index contributed by atoms with van der Waals surface area (Å²) in [5, 5.41) is 6.37. The predicted octanol–water partition coefficient (Wildman–Crippen LogP) is -0.248. The standard InChI is InChI=1S/C7H10N2O/c10-5-1-2-6-7(3-5)9-4-8-6/h2,7-9H,1,3-4H2. The molecule has 0 radical (unpaired) electrons. The van der Waals surface area contributed by atoms with Gasteiger partial charge in [0.05, 0.1) is 12.7 Å². The van der Waals surface area contributed by atoms with Gasteiger partial charge in [0.1, 0.15) is 5.78 Å². The van der Waals surface area contributed by atoms with Crippen LogP contribution in [0, 0.1) is 0 Å². The number of allylic oxidation sites excluding steroid dienone is 1. The Hall–Kier alpha value is -0.830. The van der Waals surface area contributed by atoms with Crippen LogP contribution < -0.4 is 10.6 Å². The Morgan fingerprint density at radius 3 is 3.40 bits per heavy atom. The molecule has 3 heteroatoms. The Kier molecular flexibility index (Phi) is 1.24. The minimum Gasteiger partial charge on any atom is -0.375 e. The number of carbonyl (C=O) groups is 1. The van der Waals surface area contributed by atoms with Gasteiger partial charge in [0.25, 0.3) is 0 Å². The van der Waals surface area contributed by atoms with Gasteiger partial charge in [0.2, 0.25) is 0 Å². The van der Waals surface area contributed by atoms with E-state index in [9.17, 15) is 4.79 Å². The van der Waals surface area contributed by atoms with Gasteiger partial charge >= 0.3 is 0 Å². The Bertz CT molecular complexity index is 198.